The summed E-state index contributed by atoms with van der Waals surface area (Å²) in [4.78, 5) is 21.3. The summed E-state index contributed by atoms with van der Waals surface area (Å²) in [6, 6.07) is 5.56. The first-order valence-electron chi connectivity index (χ1n) is 6.77. The summed E-state index contributed by atoms with van der Waals surface area (Å²) in [5, 5.41) is 1.28. The van der Waals surface area contributed by atoms with Gasteiger partial charge in [0, 0.05) is 35.2 Å². The van der Waals surface area contributed by atoms with Crippen LogP contribution in [0.2, 0.25) is 10.0 Å². The van der Waals surface area contributed by atoms with Crippen molar-refractivity contribution in [2.75, 3.05) is 6.54 Å². The minimum atomic E-state index is -0.0112. The Labute approximate surface area is 132 Å². The van der Waals surface area contributed by atoms with Crippen LogP contribution in [0, 0.1) is 6.92 Å². The molecule has 4 nitrogen and oxygen atoms in total. The zero-order chi connectivity index (χ0) is 15.0. The SMILES string of the molecule is Cc1nc2c(c(=O)[nH]1)CCN(Cc1cc(Cl)cc(Cl)c1)C2. The van der Waals surface area contributed by atoms with Gasteiger partial charge in [0.2, 0.25) is 0 Å². The average Bonchev–Trinajstić information content (AvgIpc) is 2.36. The maximum atomic E-state index is 11.9. The summed E-state index contributed by atoms with van der Waals surface area (Å²) in [5.74, 6) is 0.659. The molecule has 3 rings (SSSR count). The zero-order valence-corrected chi connectivity index (χ0v) is 13.1. The summed E-state index contributed by atoms with van der Waals surface area (Å²) in [5.41, 5.74) is 2.73. The third-order valence-electron chi connectivity index (χ3n) is 3.60. The molecule has 2 heterocycles. The molecule has 1 aromatic carbocycles. The van der Waals surface area contributed by atoms with Gasteiger partial charge in [-0.25, -0.2) is 4.98 Å². The molecule has 6 heteroatoms. The van der Waals surface area contributed by atoms with E-state index in [1.165, 1.54) is 0 Å². The highest BCUT2D eigenvalue weighted by Crippen LogP contribution is 2.22. The number of hydrogen-bond acceptors (Lipinski definition) is 3. The number of aromatic amines is 1. The van der Waals surface area contributed by atoms with Crippen LogP contribution >= 0.6 is 23.2 Å². The Morgan fingerprint density at radius 2 is 2.00 bits per heavy atom. The lowest BCUT2D eigenvalue weighted by atomic mass is 10.1. The molecular formula is C15H15Cl2N3O. The van der Waals surface area contributed by atoms with E-state index in [2.05, 4.69) is 14.9 Å². The molecule has 2 aromatic rings. The summed E-state index contributed by atoms with van der Waals surface area (Å²) >= 11 is 12.1. The molecule has 0 amide bonds. The van der Waals surface area contributed by atoms with Gasteiger partial charge in [-0.2, -0.15) is 0 Å². The molecule has 0 unspecified atom stereocenters. The van der Waals surface area contributed by atoms with Crippen molar-refractivity contribution < 1.29 is 0 Å². The first-order valence-corrected chi connectivity index (χ1v) is 7.53. The molecule has 0 bridgehead atoms. The fraction of sp³-hybridized carbons (Fsp3) is 0.333. The third-order valence-corrected chi connectivity index (χ3v) is 4.04. The third kappa shape index (κ3) is 3.28. The second kappa shape index (κ2) is 5.79. The van der Waals surface area contributed by atoms with Gasteiger partial charge in [0.1, 0.15) is 5.82 Å². The Balaban J connectivity index is 1.81. The normalized spacial score (nSPS) is 15.0. The van der Waals surface area contributed by atoms with Crippen LogP contribution in [0.15, 0.2) is 23.0 Å². The summed E-state index contributed by atoms with van der Waals surface area (Å²) in [7, 11) is 0. The highest BCUT2D eigenvalue weighted by molar-refractivity contribution is 6.34. The highest BCUT2D eigenvalue weighted by Gasteiger charge is 2.20. The Hall–Kier alpha value is -1.36. The number of halogens is 2. The second-order valence-corrected chi connectivity index (χ2v) is 6.19. The lowest BCUT2D eigenvalue weighted by molar-refractivity contribution is 0.240. The van der Waals surface area contributed by atoms with Crippen molar-refractivity contribution in [2.45, 2.75) is 26.4 Å². The molecule has 0 fully saturated rings. The lowest BCUT2D eigenvalue weighted by Crippen LogP contribution is -2.35. The van der Waals surface area contributed by atoms with Crippen molar-refractivity contribution in [3.05, 3.63) is 61.2 Å². The van der Waals surface area contributed by atoms with E-state index in [9.17, 15) is 4.79 Å². The van der Waals surface area contributed by atoms with Crippen molar-refractivity contribution in [3.63, 3.8) is 0 Å². The zero-order valence-electron chi connectivity index (χ0n) is 11.6. The molecule has 0 saturated heterocycles. The van der Waals surface area contributed by atoms with E-state index < -0.39 is 0 Å². The van der Waals surface area contributed by atoms with Crippen LogP contribution in [0.1, 0.15) is 22.6 Å². The number of rotatable bonds is 2. The fourth-order valence-corrected chi connectivity index (χ4v) is 3.28. The van der Waals surface area contributed by atoms with Crippen LogP contribution in [0.5, 0.6) is 0 Å². The first-order chi connectivity index (χ1) is 10.0. The number of aryl methyl sites for hydroxylation is 1. The Morgan fingerprint density at radius 3 is 2.71 bits per heavy atom. The number of nitrogens with zero attached hydrogens (tertiary/aromatic N) is 2. The molecule has 21 heavy (non-hydrogen) atoms. The Morgan fingerprint density at radius 1 is 1.29 bits per heavy atom. The number of nitrogens with one attached hydrogen (secondary N) is 1. The smallest absolute Gasteiger partial charge is 0.254 e. The number of H-pyrrole nitrogens is 1. The number of benzene rings is 1. The molecule has 0 spiro atoms. The van der Waals surface area contributed by atoms with E-state index >= 15 is 0 Å². The van der Waals surface area contributed by atoms with Crippen molar-refractivity contribution in [1.82, 2.24) is 14.9 Å². The van der Waals surface area contributed by atoms with Crippen molar-refractivity contribution in [2.24, 2.45) is 0 Å². The van der Waals surface area contributed by atoms with E-state index in [1.807, 2.05) is 12.1 Å². The van der Waals surface area contributed by atoms with Gasteiger partial charge in [0.15, 0.2) is 0 Å². The number of fused-ring (bicyclic) bond motifs is 1. The molecule has 1 N–H and O–H groups in total. The first kappa shape index (κ1) is 14.6. The monoisotopic (exact) mass is 323 g/mol. The maximum Gasteiger partial charge on any atom is 0.254 e. The fourth-order valence-electron chi connectivity index (χ4n) is 2.71. The molecule has 1 aromatic heterocycles. The maximum absolute atomic E-state index is 11.9. The van der Waals surface area contributed by atoms with E-state index in [1.54, 1.807) is 13.0 Å². The topological polar surface area (TPSA) is 49.0 Å². The van der Waals surface area contributed by atoms with Gasteiger partial charge in [0.25, 0.3) is 5.56 Å². The molecule has 0 atom stereocenters. The molecule has 110 valence electrons. The van der Waals surface area contributed by atoms with Gasteiger partial charge in [-0.15, -0.1) is 0 Å². The van der Waals surface area contributed by atoms with E-state index in [0.717, 1.165) is 29.9 Å². The Bertz CT molecular complexity index is 722. The summed E-state index contributed by atoms with van der Waals surface area (Å²) < 4.78 is 0. The Kier molecular flexibility index (Phi) is 4.02. The van der Waals surface area contributed by atoms with Crippen molar-refractivity contribution >= 4 is 23.2 Å². The van der Waals surface area contributed by atoms with Crippen LogP contribution in [-0.2, 0) is 19.5 Å². The largest absolute Gasteiger partial charge is 0.311 e. The predicted molar refractivity (Wildman–Crippen MR) is 83.9 cm³/mol. The van der Waals surface area contributed by atoms with Gasteiger partial charge in [0.05, 0.1) is 5.69 Å². The quantitative estimate of drug-likeness (QED) is 0.924. The van der Waals surface area contributed by atoms with Crippen LogP contribution in [0.25, 0.3) is 0 Å². The van der Waals surface area contributed by atoms with Gasteiger partial charge < -0.3 is 4.98 Å². The van der Waals surface area contributed by atoms with Gasteiger partial charge in [-0.05, 0) is 37.1 Å². The average molecular weight is 324 g/mol. The summed E-state index contributed by atoms with van der Waals surface area (Å²) in [6.07, 6.45) is 0.715. The van der Waals surface area contributed by atoms with Crippen LogP contribution in [-0.4, -0.2) is 21.4 Å². The number of hydrogen-bond donors (Lipinski definition) is 1. The number of aromatic nitrogens is 2. The molecule has 0 radical (unpaired) electrons. The molecule has 1 aliphatic heterocycles. The highest BCUT2D eigenvalue weighted by atomic mass is 35.5. The minimum absolute atomic E-state index is 0.0112. The van der Waals surface area contributed by atoms with E-state index in [4.69, 9.17) is 23.2 Å². The lowest BCUT2D eigenvalue weighted by Gasteiger charge is -2.27. The van der Waals surface area contributed by atoms with Crippen molar-refractivity contribution in [3.8, 4) is 0 Å². The van der Waals surface area contributed by atoms with Gasteiger partial charge in [-0.1, -0.05) is 23.2 Å². The summed E-state index contributed by atoms with van der Waals surface area (Å²) in [6.45, 7) is 4.04. The predicted octanol–water partition coefficient (Wildman–Crippen LogP) is 2.94. The molecular weight excluding hydrogens is 309 g/mol. The van der Waals surface area contributed by atoms with Gasteiger partial charge in [-0.3, -0.25) is 9.69 Å². The van der Waals surface area contributed by atoms with Crippen molar-refractivity contribution in [1.29, 1.82) is 0 Å². The van der Waals surface area contributed by atoms with Gasteiger partial charge >= 0.3 is 0 Å². The van der Waals surface area contributed by atoms with Crippen LogP contribution < -0.4 is 5.56 Å². The minimum Gasteiger partial charge on any atom is -0.311 e. The van der Waals surface area contributed by atoms with E-state index in [-0.39, 0.29) is 5.56 Å². The second-order valence-electron chi connectivity index (χ2n) is 5.31. The van der Waals surface area contributed by atoms with Crippen LogP contribution in [0.4, 0.5) is 0 Å². The molecule has 0 aliphatic carbocycles. The standard InChI is InChI=1S/C15H15Cl2N3O/c1-9-18-14-8-20(3-2-13(14)15(21)19-9)7-10-4-11(16)6-12(17)5-10/h4-6H,2-3,7-8H2,1H3,(H,18,19,21). The molecule has 0 saturated carbocycles. The van der Waals surface area contributed by atoms with Crippen LogP contribution in [0.3, 0.4) is 0 Å². The van der Waals surface area contributed by atoms with E-state index in [0.29, 0.717) is 28.8 Å². The molecule has 1 aliphatic rings.